The quantitative estimate of drug-likeness (QED) is 0.772. The van der Waals surface area contributed by atoms with Gasteiger partial charge in [0.25, 0.3) is 0 Å². The molecule has 1 aromatic rings. The fraction of sp³-hybridized carbons (Fsp3) is 0.533. The van der Waals surface area contributed by atoms with Crippen molar-refractivity contribution < 1.29 is 23.7 Å². The minimum Gasteiger partial charge on any atom is -0.453 e. The maximum Gasteiger partial charge on any atom is 0.338 e. The van der Waals surface area contributed by atoms with Gasteiger partial charge in [0.15, 0.2) is 18.0 Å². The molecule has 0 unspecified atom stereocenters. The number of rotatable bonds is 2. The molecule has 5 heteroatoms. The van der Waals surface area contributed by atoms with E-state index >= 15 is 0 Å². The highest BCUT2D eigenvalue weighted by molar-refractivity contribution is 5.77. The van der Waals surface area contributed by atoms with Crippen LogP contribution in [-0.4, -0.2) is 37.2 Å². The number of hydrogen-bond donors (Lipinski definition) is 0. The summed E-state index contributed by atoms with van der Waals surface area (Å²) >= 11 is 0. The van der Waals surface area contributed by atoms with Gasteiger partial charge in [-0.1, -0.05) is 30.3 Å². The van der Waals surface area contributed by atoms with Gasteiger partial charge in [-0.15, -0.1) is 0 Å². The summed E-state index contributed by atoms with van der Waals surface area (Å²) in [5.74, 6) is -1.21. The van der Waals surface area contributed by atoms with E-state index in [0.717, 1.165) is 5.56 Å². The lowest BCUT2D eigenvalue weighted by atomic mass is 9.94. The Bertz CT molecular complexity index is 498. The summed E-state index contributed by atoms with van der Waals surface area (Å²) in [6.07, 6.45) is -2.05. The predicted octanol–water partition coefficient (Wildman–Crippen LogP) is 1.82. The highest BCUT2D eigenvalue weighted by Gasteiger charge is 2.56. The lowest BCUT2D eigenvalue weighted by Crippen LogP contribution is -2.51. The van der Waals surface area contributed by atoms with E-state index in [1.54, 1.807) is 21.0 Å². The van der Waals surface area contributed by atoms with Crippen LogP contribution in [0.25, 0.3) is 0 Å². The van der Waals surface area contributed by atoms with Gasteiger partial charge < -0.3 is 18.9 Å². The zero-order valence-corrected chi connectivity index (χ0v) is 11.7. The highest BCUT2D eigenvalue weighted by atomic mass is 16.8. The number of ether oxygens (including phenoxy) is 4. The summed E-state index contributed by atoms with van der Waals surface area (Å²) in [4.78, 5) is 12.1. The molecular weight excluding hydrogens is 260 g/mol. The van der Waals surface area contributed by atoms with Crippen LogP contribution in [0.15, 0.2) is 30.3 Å². The van der Waals surface area contributed by atoms with Gasteiger partial charge in [0.1, 0.15) is 12.2 Å². The van der Waals surface area contributed by atoms with E-state index < -0.39 is 30.1 Å². The summed E-state index contributed by atoms with van der Waals surface area (Å²) in [6, 6.07) is 9.53. The number of fused-ring (bicyclic) bond motifs is 1. The zero-order valence-electron chi connectivity index (χ0n) is 11.7. The van der Waals surface area contributed by atoms with Gasteiger partial charge in [-0.25, -0.2) is 4.79 Å². The number of carbonyl (C=O) groups excluding carboxylic acids is 1. The van der Waals surface area contributed by atoms with Gasteiger partial charge in [0.2, 0.25) is 0 Å². The van der Waals surface area contributed by atoms with E-state index in [1.165, 1.54) is 0 Å². The van der Waals surface area contributed by atoms with Crippen LogP contribution in [0.5, 0.6) is 0 Å². The second-order valence-corrected chi connectivity index (χ2v) is 5.49. The molecule has 0 N–H and O–H groups in total. The SMILES string of the molecule is CO[C@@H]1[C@H]2OC(C)(C)O[C@H]2C(=O)O[C@@H]1c1ccccc1. The summed E-state index contributed by atoms with van der Waals surface area (Å²) in [7, 11) is 1.59. The summed E-state index contributed by atoms with van der Waals surface area (Å²) < 4.78 is 22.5. The molecule has 2 aliphatic heterocycles. The van der Waals surface area contributed by atoms with E-state index in [0.29, 0.717) is 0 Å². The molecule has 2 saturated heterocycles. The largest absolute Gasteiger partial charge is 0.453 e. The Kier molecular flexibility index (Phi) is 3.28. The monoisotopic (exact) mass is 278 g/mol. The van der Waals surface area contributed by atoms with Crippen molar-refractivity contribution in [2.45, 2.75) is 44.1 Å². The van der Waals surface area contributed by atoms with E-state index in [2.05, 4.69) is 0 Å². The van der Waals surface area contributed by atoms with Gasteiger partial charge in [0, 0.05) is 7.11 Å². The molecule has 1 aromatic carbocycles. The maximum absolute atomic E-state index is 12.1. The average Bonchev–Trinajstić information content (AvgIpc) is 2.75. The Balaban J connectivity index is 1.93. The van der Waals surface area contributed by atoms with Gasteiger partial charge in [-0.3, -0.25) is 0 Å². The number of hydrogen-bond acceptors (Lipinski definition) is 5. The molecule has 20 heavy (non-hydrogen) atoms. The van der Waals surface area contributed by atoms with Crippen LogP contribution in [-0.2, 0) is 23.7 Å². The average molecular weight is 278 g/mol. The first-order valence-corrected chi connectivity index (χ1v) is 6.66. The molecule has 3 rings (SSSR count). The molecule has 0 saturated carbocycles. The Morgan fingerprint density at radius 2 is 1.80 bits per heavy atom. The van der Waals surface area contributed by atoms with E-state index in [9.17, 15) is 4.79 Å². The first-order valence-electron chi connectivity index (χ1n) is 6.66. The first-order chi connectivity index (χ1) is 9.52. The molecular formula is C15H18O5. The molecule has 0 amide bonds. The van der Waals surface area contributed by atoms with Crippen LogP contribution in [0.2, 0.25) is 0 Å². The predicted molar refractivity (Wildman–Crippen MR) is 69.9 cm³/mol. The molecule has 2 fully saturated rings. The second kappa shape index (κ2) is 4.84. The molecule has 0 aliphatic carbocycles. The minimum absolute atomic E-state index is 0.387. The van der Waals surface area contributed by atoms with Crippen molar-refractivity contribution in [1.29, 1.82) is 0 Å². The van der Waals surface area contributed by atoms with Crippen molar-refractivity contribution in [2.75, 3.05) is 7.11 Å². The Labute approximate surface area is 117 Å². The van der Waals surface area contributed by atoms with Crippen molar-refractivity contribution >= 4 is 5.97 Å². The van der Waals surface area contributed by atoms with E-state index in [-0.39, 0.29) is 6.10 Å². The standard InChI is InChI=1S/C15H18O5/c1-15(2)19-12-11(17-3)10(9-7-5-4-6-8-9)18-14(16)13(12)20-15/h4-8,10-13H,1-3H3/t10-,11+,12-,13-/m1/s1. The number of benzene rings is 1. The molecule has 0 spiro atoms. The molecule has 2 aliphatic rings. The minimum atomic E-state index is -0.809. The van der Waals surface area contributed by atoms with Gasteiger partial charge in [0.05, 0.1) is 0 Å². The van der Waals surface area contributed by atoms with Crippen LogP contribution in [0.3, 0.4) is 0 Å². The van der Waals surface area contributed by atoms with Crippen LogP contribution < -0.4 is 0 Å². The topological polar surface area (TPSA) is 54.0 Å². The fourth-order valence-electron chi connectivity index (χ4n) is 2.80. The third-order valence-corrected chi connectivity index (χ3v) is 3.63. The van der Waals surface area contributed by atoms with E-state index in [4.69, 9.17) is 18.9 Å². The van der Waals surface area contributed by atoms with Crippen LogP contribution >= 0.6 is 0 Å². The molecule has 108 valence electrons. The number of methoxy groups -OCH3 is 1. The summed E-state index contributed by atoms with van der Waals surface area (Å²) in [5.41, 5.74) is 0.888. The number of carbonyl (C=O) groups is 1. The number of esters is 1. The molecule has 0 radical (unpaired) electrons. The smallest absolute Gasteiger partial charge is 0.338 e. The molecule has 2 heterocycles. The third-order valence-electron chi connectivity index (χ3n) is 3.63. The first kappa shape index (κ1) is 13.5. The van der Waals surface area contributed by atoms with Gasteiger partial charge in [-0.2, -0.15) is 0 Å². The molecule has 0 aromatic heterocycles. The van der Waals surface area contributed by atoms with Gasteiger partial charge >= 0.3 is 5.97 Å². The Hall–Kier alpha value is -1.43. The van der Waals surface area contributed by atoms with Crippen molar-refractivity contribution in [2.24, 2.45) is 0 Å². The molecule has 5 nitrogen and oxygen atoms in total. The maximum atomic E-state index is 12.1. The van der Waals surface area contributed by atoms with Gasteiger partial charge in [-0.05, 0) is 19.4 Å². The third kappa shape index (κ3) is 2.22. The van der Waals surface area contributed by atoms with Crippen LogP contribution in [0.4, 0.5) is 0 Å². The van der Waals surface area contributed by atoms with Crippen LogP contribution in [0, 0.1) is 0 Å². The Morgan fingerprint density at radius 1 is 1.10 bits per heavy atom. The Morgan fingerprint density at radius 3 is 2.45 bits per heavy atom. The van der Waals surface area contributed by atoms with E-state index in [1.807, 2.05) is 30.3 Å². The van der Waals surface area contributed by atoms with Crippen molar-refractivity contribution in [3.63, 3.8) is 0 Å². The molecule has 0 bridgehead atoms. The lowest BCUT2D eigenvalue weighted by Gasteiger charge is -2.36. The highest BCUT2D eigenvalue weighted by Crippen LogP contribution is 2.40. The van der Waals surface area contributed by atoms with Crippen molar-refractivity contribution in [3.05, 3.63) is 35.9 Å². The van der Waals surface area contributed by atoms with Crippen molar-refractivity contribution in [1.82, 2.24) is 0 Å². The fourth-order valence-corrected chi connectivity index (χ4v) is 2.80. The van der Waals surface area contributed by atoms with Crippen molar-refractivity contribution in [3.8, 4) is 0 Å². The lowest BCUT2D eigenvalue weighted by molar-refractivity contribution is -0.191. The normalized spacial score (nSPS) is 35.5. The second-order valence-electron chi connectivity index (χ2n) is 5.49. The van der Waals surface area contributed by atoms with Crippen LogP contribution in [0.1, 0.15) is 25.5 Å². The summed E-state index contributed by atoms with van der Waals surface area (Å²) in [5, 5.41) is 0. The zero-order chi connectivity index (χ0) is 14.3. The number of cyclic esters (lactones) is 1. The summed E-state index contributed by atoms with van der Waals surface area (Å²) in [6.45, 7) is 3.56. The molecule has 4 atom stereocenters.